The topological polar surface area (TPSA) is 108 Å². The van der Waals surface area contributed by atoms with Gasteiger partial charge in [-0.25, -0.2) is 9.78 Å². The summed E-state index contributed by atoms with van der Waals surface area (Å²) in [6.07, 6.45) is 2.24. The number of amides is 1. The zero-order valence-corrected chi connectivity index (χ0v) is 8.23. The molecule has 0 saturated carbocycles. The van der Waals surface area contributed by atoms with E-state index < -0.39 is 17.9 Å². The molecule has 1 heterocycles. The number of H-pyrrole nitrogens is 1. The normalized spacial score (nSPS) is 12.1. The van der Waals surface area contributed by atoms with Gasteiger partial charge in [0.1, 0.15) is 12.4 Å². The number of aliphatic carboxylic acids is 1. The molecule has 1 aromatic rings. The second-order valence-corrected chi connectivity index (χ2v) is 2.99. The van der Waals surface area contributed by atoms with Gasteiger partial charge in [-0.3, -0.25) is 9.89 Å². The molecule has 0 fully saturated rings. The van der Waals surface area contributed by atoms with Crippen molar-refractivity contribution in [2.45, 2.75) is 25.8 Å². The number of carbonyl (C=O) groups is 2. The van der Waals surface area contributed by atoms with E-state index in [4.69, 9.17) is 5.11 Å². The van der Waals surface area contributed by atoms with Crippen LogP contribution in [0.4, 0.5) is 0 Å². The third kappa shape index (κ3) is 3.04. The summed E-state index contributed by atoms with van der Waals surface area (Å²) in [5, 5.41) is 17.0. The lowest BCUT2D eigenvalue weighted by molar-refractivity contribution is -0.139. The quantitative estimate of drug-likeness (QED) is 0.625. The number of carbonyl (C=O) groups excluding carboxylic acids is 1. The number of nitrogens with zero attached hydrogens (tertiary/aromatic N) is 2. The number of hydrogen-bond acceptors (Lipinski definition) is 4. The molecular formula is C8H12N4O3. The van der Waals surface area contributed by atoms with E-state index >= 15 is 0 Å². The summed E-state index contributed by atoms with van der Waals surface area (Å²) in [4.78, 5) is 25.7. The molecule has 0 aliphatic carbocycles. The van der Waals surface area contributed by atoms with Crippen LogP contribution in [0.1, 0.15) is 30.4 Å². The van der Waals surface area contributed by atoms with Gasteiger partial charge in [-0.15, -0.1) is 0 Å². The maximum atomic E-state index is 11.4. The van der Waals surface area contributed by atoms with Gasteiger partial charge in [-0.1, -0.05) is 13.3 Å². The van der Waals surface area contributed by atoms with Crippen molar-refractivity contribution in [2.24, 2.45) is 0 Å². The first-order chi connectivity index (χ1) is 7.15. The zero-order chi connectivity index (χ0) is 11.3. The van der Waals surface area contributed by atoms with Gasteiger partial charge in [0.2, 0.25) is 5.82 Å². The molecule has 1 atom stereocenters. The standard InChI is InChI=1S/C8H12N4O3/c1-2-3-5(8(14)15)11-7(13)6-9-4-10-12-6/h4-5H,2-3H2,1H3,(H,11,13)(H,14,15)(H,9,10,12)/t5-/m1/s1. The van der Waals surface area contributed by atoms with E-state index in [9.17, 15) is 9.59 Å². The van der Waals surface area contributed by atoms with Gasteiger partial charge in [0.25, 0.3) is 5.91 Å². The highest BCUT2D eigenvalue weighted by molar-refractivity contribution is 5.93. The van der Waals surface area contributed by atoms with Crippen LogP contribution < -0.4 is 5.32 Å². The minimum atomic E-state index is -1.05. The lowest BCUT2D eigenvalue weighted by atomic mass is 10.1. The summed E-state index contributed by atoms with van der Waals surface area (Å²) in [7, 11) is 0. The summed E-state index contributed by atoms with van der Waals surface area (Å²) in [6, 6.07) is -0.882. The van der Waals surface area contributed by atoms with Gasteiger partial charge in [-0.05, 0) is 6.42 Å². The second kappa shape index (κ2) is 5.08. The molecule has 0 unspecified atom stereocenters. The van der Waals surface area contributed by atoms with Crippen LogP contribution in [0, 0.1) is 0 Å². The molecule has 0 radical (unpaired) electrons. The predicted molar refractivity (Wildman–Crippen MR) is 50.2 cm³/mol. The number of hydrogen-bond donors (Lipinski definition) is 3. The van der Waals surface area contributed by atoms with Crippen LogP contribution in [-0.2, 0) is 4.79 Å². The van der Waals surface area contributed by atoms with Crippen LogP contribution in [0.5, 0.6) is 0 Å². The number of carboxylic acid groups (broad SMARTS) is 1. The number of aromatic nitrogens is 3. The molecule has 1 amide bonds. The fraction of sp³-hybridized carbons (Fsp3) is 0.500. The molecule has 15 heavy (non-hydrogen) atoms. The molecule has 3 N–H and O–H groups in total. The van der Waals surface area contributed by atoms with Crippen molar-refractivity contribution in [2.75, 3.05) is 0 Å². The Morgan fingerprint density at radius 1 is 1.67 bits per heavy atom. The monoisotopic (exact) mass is 212 g/mol. The van der Waals surface area contributed by atoms with Crippen molar-refractivity contribution in [3.8, 4) is 0 Å². The summed E-state index contributed by atoms with van der Waals surface area (Å²) >= 11 is 0. The second-order valence-electron chi connectivity index (χ2n) is 2.99. The lowest BCUT2D eigenvalue weighted by Gasteiger charge is -2.11. The molecule has 1 rings (SSSR count). The Hall–Kier alpha value is -1.92. The number of nitrogens with one attached hydrogen (secondary N) is 2. The van der Waals surface area contributed by atoms with Crippen LogP contribution >= 0.6 is 0 Å². The average molecular weight is 212 g/mol. The Bertz CT molecular complexity index is 336. The Morgan fingerprint density at radius 2 is 2.40 bits per heavy atom. The summed E-state index contributed by atoms with van der Waals surface area (Å²) in [5.41, 5.74) is 0. The Balaban J connectivity index is 2.59. The Kier molecular flexibility index (Phi) is 3.78. The van der Waals surface area contributed by atoms with Crippen molar-refractivity contribution in [3.05, 3.63) is 12.2 Å². The van der Waals surface area contributed by atoms with E-state index in [2.05, 4.69) is 20.5 Å². The van der Waals surface area contributed by atoms with Gasteiger partial charge in [0.15, 0.2) is 0 Å². The van der Waals surface area contributed by atoms with Crippen LogP contribution in [0.15, 0.2) is 6.33 Å². The highest BCUT2D eigenvalue weighted by Gasteiger charge is 2.20. The average Bonchev–Trinajstić information content (AvgIpc) is 2.69. The Labute approximate surface area is 85.9 Å². The molecule has 1 aromatic heterocycles. The first-order valence-corrected chi connectivity index (χ1v) is 4.54. The van der Waals surface area contributed by atoms with Crippen LogP contribution in [0.25, 0.3) is 0 Å². The summed E-state index contributed by atoms with van der Waals surface area (Å²) in [5.74, 6) is -1.60. The molecule has 7 nitrogen and oxygen atoms in total. The van der Waals surface area contributed by atoms with E-state index in [0.29, 0.717) is 12.8 Å². The molecule has 7 heteroatoms. The number of rotatable bonds is 5. The molecule has 0 spiro atoms. The third-order valence-electron chi connectivity index (χ3n) is 1.81. The van der Waals surface area contributed by atoms with Gasteiger partial charge in [0, 0.05) is 0 Å². The Morgan fingerprint density at radius 3 is 2.87 bits per heavy atom. The van der Waals surface area contributed by atoms with Crippen LogP contribution in [-0.4, -0.2) is 38.2 Å². The number of aromatic amines is 1. The molecule has 0 aliphatic heterocycles. The SMILES string of the molecule is CCC[C@@H](NC(=O)c1ncn[nH]1)C(=O)O. The van der Waals surface area contributed by atoms with E-state index in [1.165, 1.54) is 6.33 Å². The van der Waals surface area contributed by atoms with Crippen molar-refractivity contribution >= 4 is 11.9 Å². The summed E-state index contributed by atoms with van der Waals surface area (Å²) < 4.78 is 0. The molecule has 0 aromatic carbocycles. The minimum Gasteiger partial charge on any atom is -0.480 e. The highest BCUT2D eigenvalue weighted by Crippen LogP contribution is 1.98. The first kappa shape index (κ1) is 11.2. The van der Waals surface area contributed by atoms with Crippen molar-refractivity contribution in [1.82, 2.24) is 20.5 Å². The van der Waals surface area contributed by atoms with Gasteiger partial charge in [-0.2, -0.15) is 5.10 Å². The fourth-order valence-corrected chi connectivity index (χ4v) is 1.09. The van der Waals surface area contributed by atoms with Gasteiger partial charge < -0.3 is 10.4 Å². The molecule has 0 saturated heterocycles. The fourth-order valence-electron chi connectivity index (χ4n) is 1.09. The van der Waals surface area contributed by atoms with E-state index in [1.807, 2.05) is 6.92 Å². The largest absolute Gasteiger partial charge is 0.480 e. The molecular weight excluding hydrogens is 200 g/mol. The lowest BCUT2D eigenvalue weighted by Crippen LogP contribution is -2.41. The van der Waals surface area contributed by atoms with Crippen molar-refractivity contribution in [3.63, 3.8) is 0 Å². The van der Waals surface area contributed by atoms with E-state index in [-0.39, 0.29) is 5.82 Å². The van der Waals surface area contributed by atoms with Crippen LogP contribution in [0.2, 0.25) is 0 Å². The van der Waals surface area contributed by atoms with E-state index in [1.54, 1.807) is 0 Å². The van der Waals surface area contributed by atoms with Gasteiger partial charge in [0.05, 0.1) is 0 Å². The predicted octanol–water partition coefficient (Wildman–Crippen LogP) is -0.212. The van der Waals surface area contributed by atoms with E-state index in [0.717, 1.165) is 0 Å². The molecule has 0 aliphatic rings. The van der Waals surface area contributed by atoms with Gasteiger partial charge >= 0.3 is 5.97 Å². The first-order valence-electron chi connectivity index (χ1n) is 4.54. The molecule has 82 valence electrons. The summed E-state index contributed by atoms with van der Waals surface area (Å²) in [6.45, 7) is 1.84. The third-order valence-corrected chi connectivity index (χ3v) is 1.81. The van der Waals surface area contributed by atoms with Crippen molar-refractivity contribution in [1.29, 1.82) is 0 Å². The highest BCUT2D eigenvalue weighted by atomic mass is 16.4. The zero-order valence-electron chi connectivity index (χ0n) is 8.23. The maximum Gasteiger partial charge on any atom is 0.326 e. The smallest absolute Gasteiger partial charge is 0.326 e. The molecule has 0 bridgehead atoms. The van der Waals surface area contributed by atoms with Crippen molar-refractivity contribution < 1.29 is 14.7 Å². The minimum absolute atomic E-state index is 0.0114. The van der Waals surface area contributed by atoms with Crippen LogP contribution in [0.3, 0.4) is 0 Å². The maximum absolute atomic E-state index is 11.4. The number of carboxylic acids is 1.